The van der Waals surface area contributed by atoms with Gasteiger partial charge in [0.1, 0.15) is 12.2 Å². The van der Waals surface area contributed by atoms with Crippen LogP contribution < -0.4 is 0 Å². The highest BCUT2D eigenvalue weighted by Crippen LogP contribution is 2.30. The molecule has 0 aliphatic carbocycles. The van der Waals surface area contributed by atoms with Crippen LogP contribution in [0.15, 0.2) is 5.16 Å². The molecule has 0 bridgehead atoms. The summed E-state index contributed by atoms with van der Waals surface area (Å²) in [5.74, 6) is -0.819. The lowest BCUT2D eigenvalue weighted by molar-refractivity contribution is -0.148. The Morgan fingerprint density at radius 3 is 1.79 bits per heavy atom. The first kappa shape index (κ1) is 29.3. The van der Waals surface area contributed by atoms with E-state index in [1.807, 2.05) is 13.8 Å². The van der Waals surface area contributed by atoms with Crippen LogP contribution in [0, 0.1) is 0 Å². The van der Waals surface area contributed by atoms with Crippen molar-refractivity contribution in [3.63, 3.8) is 0 Å². The molecule has 2 atom stereocenters. The van der Waals surface area contributed by atoms with E-state index in [1.54, 1.807) is 7.11 Å². The minimum absolute atomic E-state index is 0.270. The molecule has 2 aliphatic rings. The quantitative estimate of drug-likeness (QED) is 0.112. The fourth-order valence-electron chi connectivity index (χ4n) is 3.37. The van der Waals surface area contributed by atoms with Gasteiger partial charge in [-0.3, -0.25) is 0 Å². The Bertz CT molecular complexity index is 543. The molecule has 0 aromatic carbocycles. The standard InChI is InChI=1S/C22H41NO11/c1-22(2)33-19(21(34-22)18(23-24)16-20-31-14-15-32-20)17-30-13-12-29-11-10-28-9-8-27-7-6-26-5-4-25-3/h19-21,24H,4-17H2,1-3H3/t19-,21-/m0/s1. The van der Waals surface area contributed by atoms with Crippen molar-refractivity contribution in [3.8, 4) is 0 Å². The molecule has 0 aromatic heterocycles. The van der Waals surface area contributed by atoms with Gasteiger partial charge in [-0.05, 0) is 13.8 Å². The van der Waals surface area contributed by atoms with Gasteiger partial charge in [0.2, 0.25) is 0 Å². The van der Waals surface area contributed by atoms with E-state index in [0.29, 0.717) is 91.4 Å². The molecular formula is C22H41NO11. The Hall–Kier alpha value is -0.930. The first-order chi connectivity index (χ1) is 16.6. The highest BCUT2D eigenvalue weighted by atomic mass is 16.8. The number of rotatable bonds is 20. The van der Waals surface area contributed by atoms with Gasteiger partial charge in [0.25, 0.3) is 0 Å². The SMILES string of the molecule is COCCOCCOCCOCCOCCOC[C@@H]1OC(C)(C)O[C@H]1C(CC1OCCO1)=NO. The van der Waals surface area contributed by atoms with Crippen LogP contribution in [0.5, 0.6) is 0 Å². The van der Waals surface area contributed by atoms with Crippen LogP contribution >= 0.6 is 0 Å². The molecule has 0 amide bonds. The van der Waals surface area contributed by atoms with E-state index in [4.69, 9.17) is 47.4 Å². The summed E-state index contributed by atoms with van der Waals surface area (Å²) in [6, 6.07) is 0. The van der Waals surface area contributed by atoms with Crippen molar-refractivity contribution >= 4 is 5.71 Å². The predicted octanol–water partition coefficient (Wildman–Crippen LogP) is 0.829. The molecule has 12 nitrogen and oxygen atoms in total. The summed E-state index contributed by atoms with van der Waals surface area (Å²) in [6.45, 7) is 9.92. The first-order valence-corrected chi connectivity index (χ1v) is 11.7. The van der Waals surface area contributed by atoms with E-state index in [9.17, 15) is 5.21 Å². The first-order valence-electron chi connectivity index (χ1n) is 11.7. The molecule has 0 radical (unpaired) electrons. The molecular weight excluding hydrogens is 454 g/mol. The molecule has 1 N–H and O–H groups in total. The van der Waals surface area contributed by atoms with Crippen molar-refractivity contribution < 1.29 is 52.6 Å². The van der Waals surface area contributed by atoms with Crippen LogP contribution in [-0.2, 0) is 47.4 Å². The smallest absolute Gasteiger partial charge is 0.164 e. The van der Waals surface area contributed by atoms with Crippen molar-refractivity contribution in [1.29, 1.82) is 0 Å². The normalized spacial score (nSPS) is 23.2. The number of nitrogens with zero attached hydrogens (tertiary/aromatic N) is 1. The van der Waals surface area contributed by atoms with Crippen LogP contribution in [0.1, 0.15) is 20.3 Å². The number of hydrogen-bond donors (Lipinski definition) is 1. The summed E-state index contributed by atoms with van der Waals surface area (Å²) in [7, 11) is 1.64. The largest absolute Gasteiger partial charge is 0.411 e. The highest BCUT2D eigenvalue weighted by Gasteiger charge is 2.45. The zero-order chi connectivity index (χ0) is 24.5. The Morgan fingerprint density at radius 1 is 0.794 bits per heavy atom. The number of ether oxygens (including phenoxy) is 10. The number of hydrogen-bond acceptors (Lipinski definition) is 12. The Balaban J connectivity index is 1.48. The maximum absolute atomic E-state index is 9.50. The topological polar surface area (TPSA) is 125 Å². The molecule has 2 rings (SSSR count). The fourth-order valence-corrected chi connectivity index (χ4v) is 3.37. The third kappa shape index (κ3) is 12.2. The summed E-state index contributed by atoms with van der Waals surface area (Å²) >= 11 is 0. The van der Waals surface area contributed by atoms with E-state index in [0.717, 1.165) is 0 Å². The van der Waals surface area contributed by atoms with Crippen molar-refractivity contribution in [2.45, 2.75) is 44.6 Å². The van der Waals surface area contributed by atoms with Gasteiger partial charge < -0.3 is 52.6 Å². The average Bonchev–Trinajstić information content (AvgIpc) is 3.44. The summed E-state index contributed by atoms with van der Waals surface area (Å²) in [4.78, 5) is 0. The third-order valence-electron chi connectivity index (χ3n) is 4.91. The van der Waals surface area contributed by atoms with Gasteiger partial charge in [-0.2, -0.15) is 0 Å². The van der Waals surface area contributed by atoms with Gasteiger partial charge in [0.05, 0.1) is 91.6 Å². The highest BCUT2D eigenvalue weighted by molar-refractivity contribution is 5.89. The molecule has 2 fully saturated rings. The van der Waals surface area contributed by atoms with Crippen LogP contribution in [0.4, 0.5) is 0 Å². The van der Waals surface area contributed by atoms with Crippen molar-refractivity contribution in [3.05, 3.63) is 0 Å². The second-order valence-electron chi connectivity index (χ2n) is 8.08. The second kappa shape index (κ2) is 17.5. The molecule has 0 saturated carbocycles. The fraction of sp³-hybridized carbons (Fsp3) is 0.955. The number of oxime groups is 1. The lowest BCUT2D eigenvalue weighted by atomic mass is 10.1. The van der Waals surface area contributed by atoms with Crippen molar-refractivity contribution in [2.24, 2.45) is 5.16 Å². The van der Waals surface area contributed by atoms with Gasteiger partial charge in [0.15, 0.2) is 12.1 Å². The summed E-state index contributed by atoms with van der Waals surface area (Å²) in [5.41, 5.74) is 0.405. The van der Waals surface area contributed by atoms with Gasteiger partial charge in [-0.15, -0.1) is 0 Å². The lowest BCUT2D eigenvalue weighted by Crippen LogP contribution is -2.37. The van der Waals surface area contributed by atoms with Gasteiger partial charge in [-0.25, -0.2) is 0 Å². The maximum Gasteiger partial charge on any atom is 0.164 e. The minimum Gasteiger partial charge on any atom is -0.411 e. The van der Waals surface area contributed by atoms with Crippen LogP contribution in [0.3, 0.4) is 0 Å². The molecule has 0 unspecified atom stereocenters. The molecule has 12 heteroatoms. The third-order valence-corrected chi connectivity index (χ3v) is 4.91. The molecule has 0 spiro atoms. The van der Waals surface area contributed by atoms with Crippen molar-refractivity contribution in [2.75, 3.05) is 93.0 Å². The van der Waals surface area contributed by atoms with E-state index in [2.05, 4.69) is 5.16 Å². The van der Waals surface area contributed by atoms with Crippen LogP contribution in [0.25, 0.3) is 0 Å². The van der Waals surface area contributed by atoms with E-state index in [1.165, 1.54) is 0 Å². The predicted molar refractivity (Wildman–Crippen MR) is 119 cm³/mol. The van der Waals surface area contributed by atoms with Crippen LogP contribution in [0.2, 0.25) is 0 Å². The monoisotopic (exact) mass is 495 g/mol. The lowest BCUT2D eigenvalue weighted by Gasteiger charge is -2.19. The maximum atomic E-state index is 9.50. The summed E-state index contributed by atoms with van der Waals surface area (Å²) in [5, 5.41) is 12.9. The Labute approximate surface area is 201 Å². The number of methoxy groups -OCH3 is 1. The van der Waals surface area contributed by atoms with E-state index >= 15 is 0 Å². The van der Waals surface area contributed by atoms with Crippen LogP contribution in [-0.4, -0.2) is 128 Å². The van der Waals surface area contributed by atoms with Gasteiger partial charge in [-0.1, -0.05) is 5.16 Å². The minimum atomic E-state index is -0.819. The molecule has 2 aliphatic heterocycles. The van der Waals surface area contributed by atoms with Crippen molar-refractivity contribution in [1.82, 2.24) is 0 Å². The summed E-state index contributed by atoms with van der Waals surface area (Å²) < 4.78 is 55.0. The second-order valence-corrected chi connectivity index (χ2v) is 8.08. The molecule has 0 aromatic rings. The van der Waals surface area contributed by atoms with E-state index < -0.39 is 24.3 Å². The van der Waals surface area contributed by atoms with Gasteiger partial charge in [0, 0.05) is 13.5 Å². The van der Waals surface area contributed by atoms with E-state index in [-0.39, 0.29) is 6.61 Å². The molecule has 34 heavy (non-hydrogen) atoms. The Morgan fingerprint density at radius 2 is 1.29 bits per heavy atom. The van der Waals surface area contributed by atoms with Gasteiger partial charge >= 0.3 is 0 Å². The Kier molecular flexibility index (Phi) is 15.1. The molecule has 200 valence electrons. The summed E-state index contributed by atoms with van der Waals surface area (Å²) in [6.07, 6.45) is -1.12. The molecule has 2 saturated heterocycles. The zero-order valence-electron chi connectivity index (χ0n) is 20.6. The average molecular weight is 496 g/mol. The zero-order valence-corrected chi connectivity index (χ0v) is 20.6. The molecule has 2 heterocycles.